The van der Waals surface area contributed by atoms with Crippen LogP contribution in [0.25, 0.3) is 0 Å². The van der Waals surface area contributed by atoms with E-state index in [0.717, 1.165) is 74.3 Å². The van der Waals surface area contributed by atoms with Crippen LogP contribution in [0, 0.1) is 23.2 Å². The van der Waals surface area contributed by atoms with Crippen molar-refractivity contribution in [1.29, 1.82) is 0 Å². The van der Waals surface area contributed by atoms with Gasteiger partial charge in [0.1, 0.15) is 5.82 Å². The van der Waals surface area contributed by atoms with E-state index in [4.69, 9.17) is 5.10 Å². The molecule has 33 heavy (non-hydrogen) atoms. The zero-order chi connectivity index (χ0) is 22.6. The van der Waals surface area contributed by atoms with E-state index in [1.54, 1.807) is 4.68 Å². The SMILES string of the molecule is CCn1c(C2CCN(C(=O)C34CC5CC(CC(C5)C3)C4)CC2)nn(Cc2ccccc2)c1=O. The number of nitrogens with zero attached hydrogens (tertiary/aromatic N) is 4. The quantitative estimate of drug-likeness (QED) is 0.694. The predicted octanol–water partition coefficient (Wildman–Crippen LogP) is 4.04. The minimum absolute atomic E-state index is 0.0246. The van der Waals surface area contributed by atoms with Crippen LogP contribution in [0.3, 0.4) is 0 Å². The Morgan fingerprint density at radius 1 is 1.00 bits per heavy atom. The van der Waals surface area contributed by atoms with Crippen molar-refractivity contribution in [2.24, 2.45) is 23.2 Å². The van der Waals surface area contributed by atoms with Crippen molar-refractivity contribution in [2.45, 2.75) is 77.3 Å². The van der Waals surface area contributed by atoms with Gasteiger partial charge in [0.2, 0.25) is 5.91 Å². The van der Waals surface area contributed by atoms with Gasteiger partial charge in [0.05, 0.1) is 12.0 Å². The van der Waals surface area contributed by atoms with E-state index in [2.05, 4.69) is 4.90 Å². The van der Waals surface area contributed by atoms with Gasteiger partial charge >= 0.3 is 5.69 Å². The Morgan fingerprint density at radius 3 is 2.18 bits per heavy atom. The van der Waals surface area contributed by atoms with Crippen LogP contribution >= 0.6 is 0 Å². The lowest BCUT2D eigenvalue weighted by atomic mass is 9.49. The molecule has 6 nitrogen and oxygen atoms in total. The van der Waals surface area contributed by atoms with Gasteiger partial charge in [-0.2, -0.15) is 5.10 Å². The van der Waals surface area contributed by atoms with Crippen molar-refractivity contribution in [1.82, 2.24) is 19.2 Å². The van der Waals surface area contributed by atoms with Crippen molar-refractivity contribution in [3.63, 3.8) is 0 Å². The molecule has 1 aromatic carbocycles. The van der Waals surface area contributed by atoms with E-state index in [1.807, 2.05) is 41.8 Å². The largest absolute Gasteiger partial charge is 0.346 e. The molecule has 5 aliphatic rings. The summed E-state index contributed by atoms with van der Waals surface area (Å²) < 4.78 is 3.45. The molecule has 1 saturated heterocycles. The van der Waals surface area contributed by atoms with E-state index in [0.29, 0.717) is 19.0 Å². The van der Waals surface area contributed by atoms with Gasteiger partial charge in [0, 0.05) is 25.6 Å². The molecule has 0 atom stereocenters. The van der Waals surface area contributed by atoms with Crippen LogP contribution in [0.2, 0.25) is 0 Å². The molecule has 4 aliphatic carbocycles. The number of aromatic nitrogens is 3. The van der Waals surface area contributed by atoms with E-state index in [9.17, 15) is 9.59 Å². The fraction of sp³-hybridized carbons (Fsp3) is 0.667. The second-order valence-electron chi connectivity index (χ2n) is 11.3. The van der Waals surface area contributed by atoms with Crippen LogP contribution in [0.15, 0.2) is 35.1 Å². The maximum absolute atomic E-state index is 13.7. The summed E-state index contributed by atoms with van der Waals surface area (Å²) in [7, 11) is 0. The van der Waals surface area contributed by atoms with Crippen molar-refractivity contribution in [3.05, 3.63) is 52.2 Å². The molecule has 0 unspecified atom stereocenters. The minimum Gasteiger partial charge on any atom is -0.342 e. The number of benzene rings is 1. The number of piperidine rings is 1. The third kappa shape index (κ3) is 3.66. The average molecular weight is 449 g/mol. The molecule has 2 heterocycles. The highest BCUT2D eigenvalue weighted by atomic mass is 16.2. The molecule has 2 aromatic rings. The molecule has 7 rings (SSSR count). The molecule has 1 amide bonds. The first kappa shape index (κ1) is 21.2. The van der Waals surface area contributed by atoms with Crippen molar-refractivity contribution >= 4 is 5.91 Å². The topological polar surface area (TPSA) is 60.1 Å². The zero-order valence-electron chi connectivity index (χ0n) is 19.8. The number of hydrogen-bond acceptors (Lipinski definition) is 3. The molecular weight excluding hydrogens is 412 g/mol. The van der Waals surface area contributed by atoms with Gasteiger partial charge in [-0.25, -0.2) is 9.48 Å². The zero-order valence-corrected chi connectivity index (χ0v) is 19.8. The van der Waals surface area contributed by atoms with Gasteiger partial charge in [-0.3, -0.25) is 9.36 Å². The Hall–Kier alpha value is -2.37. The molecule has 4 saturated carbocycles. The molecule has 1 aliphatic heterocycles. The summed E-state index contributed by atoms with van der Waals surface area (Å²) in [6.07, 6.45) is 9.32. The lowest BCUT2D eigenvalue weighted by Gasteiger charge is -2.57. The van der Waals surface area contributed by atoms with Gasteiger partial charge in [0.15, 0.2) is 0 Å². The lowest BCUT2D eigenvalue weighted by Crippen LogP contribution is -2.55. The van der Waals surface area contributed by atoms with Crippen LogP contribution in [-0.2, 0) is 17.9 Å². The number of carbonyl (C=O) groups excluding carboxylic acids is 1. The van der Waals surface area contributed by atoms with Gasteiger partial charge in [0.25, 0.3) is 0 Å². The van der Waals surface area contributed by atoms with Crippen LogP contribution in [-0.4, -0.2) is 38.2 Å². The second kappa shape index (κ2) is 8.14. The molecule has 0 N–H and O–H groups in total. The number of likely N-dealkylation sites (tertiary alicyclic amines) is 1. The molecule has 5 fully saturated rings. The van der Waals surface area contributed by atoms with Gasteiger partial charge < -0.3 is 4.90 Å². The van der Waals surface area contributed by atoms with Crippen molar-refractivity contribution < 1.29 is 4.79 Å². The van der Waals surface area contributed by atoms with Crippen LogP contribution in [0.4, 0.5) is 0 Å². The standard InChI is InChI=1S/C27H36N4O2/c1-2-30-24(28-31(26(30)33)18-19-6-4-3-5-7-19)23-8-10-29(11-9-23)25(32)27-15-20-12-21(16-27)14-22(13-20)17-27/h3-7,20-23H,2,8-18H2,1H3. The third-order valence-electron chi connectivity index (χ3n) is 9.08. The van der Waals surface area contributed by atoms with Crippen molar-refractivity contribution in [3.8, 4) is 0 Å². The number of rotatable bonds is 5. The van der Waals surface area contributed by atoms with Gasteiger partial charge in [-0.1, -0.05) is 30.3 Å². The van der Waals surface area contributed by atoms with E-state index < -0.39 is 0 Å². The molecule has 176 valence electrons. The number of carbonyl (C=O) groups is 1. The number of amides is 1. The fourth-order valence-corrected chi connectivity index (χ4v) is 7.97. The molecule has 0 spiro atoms. The maximum atomic E-state index is 13.7. The maximum Gasteiger partial charge on any atom is 0.346 e. The minimum atomic E-state index is -0.0512. The molecule has 1 aromatic heterocycles. The summed E-state index contributed by atoms with van der Waals surface area (Å²) in [5.74, 6) is 3.99. The summed E-state index contributed by atoms with van der Waals surface area (Å²) in [4.78, 5) is 28.9. The normalized spacial score (nSPS) is 31.3. The molecule has 0 radical (unpaired) electrons. The first-order valence-corrected chi connectivity index (χ1v) is 13.1. The van der Waals surface area contributed by atoms with E-state index in [-0.39, 0.29) is 17.0 Å². The second-order valence-corrected chi connectivity index (χ2v) is 11.3. The van der Waals surface area contributed by atoms with Gasteiger partial charge in [-0.05, 0) is 81.6 Å². The Kier molecular flexibility index (Phi) is 5.22. The molecule has 4 bridgehead atoms. The number of hydrogen-bond donors (Lipinski definition) is 0. The molecule has 6 heteroatoms. The summed E-state index contributed by atoms with van der Waals surface area (Å²) in [6.45, 7) is 4.76. The van der Waals surface area contributed by atoms with Gasteiger partial charge in [-0.15, -0.1) is 0 Å². The Balaban J connectivity index is 1.16. The highest BCUT2D eigenvalue weighted by Crippen LogP contribution is 2.60. The summed E-state index contributed by atoms with van der Waals surface area (Å²) in [6, 6.07) is 10.0. The average Bonchev–Trinajstić information content (AvgIpc) is 3.13. The predicted molar refractivity (Wildman–Crippen MR) is 127 cm³/mol. The summed E-state index contributed by atoms with van der Waals surface area (Å²) in [5.41, 5.74) is 1.01. The Morgan fingerprint density at radius 2 is 1.61 bits per heavy atom. The fourth-order valence-electron chi connectivity index (χ4n) is 7.97. The molecular formula is C27H36N4O2. The summed E-state index contributed by atoms with van der Waals surface area (Å²) >= 11 is 0. The summed E-state index contributed by atoms with van der Waals surface area (Å²) in [5, 5.41) is 4.79. The van der Waals surface area contributed by atoms with Crippen LogP contribution < -0.4 is 5.69 Å². The Bertz CT molecular complexity index is 1040. The first-order chi connectivity index (χ1) is 16.0. The lowest BCUT2D eigenvalue weighted by molar-refractivity contribution is -0.158. The monoisotopic (exact) mass is 448 g/mol. The van der Waals surface area contributed by atoms with Crippen molar-refractivity contribution in [2.75, 3.05) is 13.1 Å². The Labute approximate surface area is 196 Å². The highest BCUT2D eigenvalue weighted by molar-refractivity contribution is 5.83. The van der Waals surface area contributed by atoms with Crippen LogP contribution in [0.1, 0.15) is 75.6 Å². The van der Waals surface area contributed by atoms with E-state index in [1.165, 1.54) is 19.3 Å². The van der Waals surface area contributed by atoms with Crippen LogP contribution in [0.5, 0.6) is 0 Å². The highest BCUT2D eigenvalue weighted by Gasteiger charge is 2.55. The van der Waals surface area contributed by atoms with E-state index >= 15 is 0 Å². The smallest absolute Gasteiger partial charge is 0.342 e. The third-order valence-corrected chi connectivity index (χ3v) is 9.08. The first-order valence-electron chi connectivity index (χ1n) is 13.1.